The zero-order valence-electron chi connectivity index (χ0n) is 20.9. The van der Waals surface area contributed by atoms with Crippen LogP contribution in [0, 0.1) is 0 Å². The van der Waals surface area contributed by atoms with Crippen LogP contribution in [0.4, 0.5) is 4.79 Å². The molecule has 1 aliphatic rings. The third-order valence-electron chi connectivity index (χ3n) is 5.96. The van der Waals surface area contributed by atoms with Gasteiger partial charge < -0.3 is 30.3 Å². The van der Waals surface area contributed by atoms with Crippen LogP contribution >= 0.6 is 24.0 Å². The van der Waals surface area contributed by atoms with E-state index < -0.39 is 17.2 Å². The maximum absolute atomic E-state index is 12.4. The van der Waals surface area contributed by atoms with Crippen molar-refractivity contribution in [2.24, 2.45) is 4.99 Å². The molecule has 3 N–H and O–H groups in total. The predicted molar refractivity (Wildman–Crippen MR) is 139 cm³/mol. The van der Waals surface area contributed by atoms with Gasteiger partial charge in [-0.15, -0.1) is 24.0 Å². The molecule has 1 amide bonds. The van der Waals surface area contributed by atoms with Crippen LogP contribution in [0.5, 0.6) is 0 Å². The minimum atomic E-state index is -0.527. The molecule has 0 bridgehead atoms. The number of alkyl carbamates (subject to hydrolysis) is 1. The summed E-state index contributed by atoms with van der Waals surface area (Å²) in [6.45, 7) is 15.4. The number of hydrogen-bond acceptors (Lipinski definition) is 5. The van der Waals surface area contributed by atoms with Crippen molar-refractivity contribution in [1.82, 2.24) is 20.9 Å². The van der Waals surface area contributed by atoms with Crippen molar-refractivity contribution in [3.63, 3.8) is 0 Å². The number of halogens is 1. The van der Waals surface area contributed by atoms with Gasteiger partial charge in [0.25, 0.3) is 0 Å². The van der Waals surface area contributed by atoms with E-state index in [1.165, 1.54) is 0 Å². The number of guanidine groups is 1. The number of rotatable bonds is 9. The van der Waals surface area contributed by atoms with Gasteiger partial charge >= 0.3 is 6.09 Å². The summed E-state index contributed by atoms with van der Waals surface area (Å²) in [7, 11) is 4.25. The van der Waals surface area contributed by atoms with Crippen LogP contribution in [0.3, 0.4) is 0 Å². The summed E-state index contributed by atoms with van der Waals surface area (Å²) < 4.78 is 11.0. The van der Waals surface area contributed by atoms with Gasteiger partial charge in [0.1, 0.15) is 5.60 Å². The molecule has 0 unspecified atom stereocenters. The van der Waals surface area contributed by atoms with Gasteiger partial charge in [0.15, 0.2) is 5.96 Å². The lowest BCUT2D eigenvalue weighted by Crippen LogP contribution is -2.57. The Morgan fingerprint density at radius 3 is 2.13 bits per heavy atom. The van der Waals surface area contributed by atoms with E-state index in [1.807, 2.05) is 20.8 Å². The van der Waals surface area contributed by atoms with Crippen LogP contribution in [0.2, 0.25) is 0 Å². The predicted octanol–water partition coefficient (Wildman–Crippen LogP) is 3.35. The molecular formula is C22H46IN5O3. The molecule has 0 saturated carbocycles. The highest BCUT2D eigenvalue weighted by molar-refractivity contribution is 14.0. The average molecular weight is 556 g/mol. The molecule has 184 valence electrons. The lowest BCUT2D eigenvalue weighted by Gasteiger charge is -2.43. The fourth-order valence-electron chi connectivity index (χ4n) is 3.56. The van der Waals surface area contributed by atoms with E-state index in [1.54, 1.807) is 0 Å². The first kappa shape index (κ1) is 30.2. The van der Waals surface area contributed by atoms with Gasteiger partial charge in [0.2, 0.25) is 0 Å². The smallest absolute Gasteiger partial charge is 0.408 e. The summed E-state index contributed by atoms with van der Waals surface area (Å²) in [6.07, 6.45) is 3.11. The molecule has 1 fully saturated rings. The molecule has 1 rings (SSSR count). The van der Waals surface area contributed by atoms with E-state index in [2.05, 4.69) is 55.7 Å². The summed E-state index contributed by atoms with van der Waals surface area (Å²) in [4.78, 5) is 19.5. The molecule has 1 aliphatic heterocycles. The summed E-state index contributed by atoms with van der Waals surface area (Å²) >= 11 is 0. The number of nitrogens with one attached hydrogen (secondary N) is 3. The molecule has 0 aliphatic carbocycles. The molecule has 0 spiro atoms. The van der Waals surface area contributed by atoms with Gasteiger partial charge in [-0.2, -0.15) is 0 Å². The Labute approximate surface area is 206 Å². The van der Waals surface area contributed by atoms with Gasteiger partial charge in [-0.05, 0) is 67.5 Å². The molecule has 0 aromatic carbocycles. The number of aliphatic imine (C=N–C) groups is 1. The first-order chi connectivity index (χ1) is 14.0. The fourth-order valence-corrected chi connectivity index (χ4v) is 3.56. The van der Waals surface area contributed by atoms with Crippen molar-refractivity contribution in [3.05, 3.63) is 0 Å². The third kappa shape index (κ3) is 10.1. The number of carbonyl (C=O) groups excluding carboxylic acids is 1. The molecular weight excluding hydrogens is 509 g/mol. The van der Waals surface area contributed by atoms with Crippen LogP contribution in [-0.2, 0) is 9.47 Å². The first-order valence-electron chi connectivity index (χ1n) is 11.3. The van der Waals surface area contributed by atoms with E-state index in [0.29, 0.717) is 6.54 Å². The Morgan fingerprint density at radius 2 is 1.68 bits per heavy atom. The Balaban J connectivity index is 0.00000900. The maximum Gasteiger partial charge on any atom is 0.408 e. The average Bonchev–Trinajstić information content (AvgIpc) is 2.68. The number of amides is 1. The largest absolute Gasteiger partial charge is 0.444 e. The van der Waals surface area contributed by atoms with Crippen LogP contribution in [0.15, 0.2) is 4.99 Å². The molecule has 0 aromatic rings. The van der Waals surface area contributed by atoms with Crippen molar-refractivity contribution in [1.29, 1.82) is 0 Å². The Bertz CT molecular complexity index is 554. The highest BCUT2D eigenvalue weighted by Crippen LogP contribution is 2.25. The molecule has 1 heterocycles. The number of carbonyl (C=O) groups is 1. The lowest BCUT2D eigenvalue weighted by atomic mass is 9.88. The molecule has 31 heavy (non-hydrogen) atoms. The van der Waals surface area contributed by atoms with Crippen LogP contribution in [-0.4, -0.2) is 80.6 Å². The zero-order valence-corrected chi connectivity index (χ0v) is 23.2. The SMILES string of the molecule is CCNC(=NCC(CC)(CC)NC(=O)OC(C)(C)C)NCC1(N(C)C)CCOCC1.I. The topological polar surface area (TPSA) is 87.2 Å². The molecule has 0 radical (unpaired) electrons. The molecule has 9 heteroatoms. The summed E-state index contributed by atoms with van der Waals surface area (Å²) in [5.74, 6) is 0.766. The van der Waals surface area contributed by atoms with Crippen molar-refractivity contribution >= 4 is 36.0 Å². The second-order valence-corrected chi connectivity index (χ2v) is 9.39. The summed E-state index contributed by atoms with van der Waals surface area (Å²) in [5, 5.41) is 9.92. The second kappa shape index (κ2) is 13.7. The molecule has 8 nitrogen and oxygen atoms in total. The lowest BCUT2D eigenvalue weighted by molar-refractivity contribution is -0.00501. The minimum Gasteiger partial charge on any atom is -0.444 e. The van der Waals surface area contributed by atoms with E-state index in [4.69, 9.17) is 14.5 Å². The van der Waals surface area contributed by atoms with Crippen molar-refractivity contribution in [3.8, 4) is 0 Å². The van der Waals surface area contributed by atoms with E-state index in [0.717, 1.165) is 57.9 Å². The van der Waals surface area contributed by atoms with Gasteiger partial charge in [0.05, 0.1) is 12.1 Å². The van der Waals surface area contributed by atoms with Crippen LogP contribution < -0.4 is 16.0 Å². The number of ether oxygens (including phenoxy) is 2. The number of likely N-dealkylation sites (N-methyl/N-ethyl adjacent to an activating group) is 1. The Hall–Kier alpha value is -0.810. The Morgan fingerprint density at radius 1 is 1.10 bits per heavy atom. The van der Waals surface area contributed by atoms with E-state index in [-0.39, 0.29) is 29.5 Å². The van der Waals surface area contributed by atoms with Gasteiger partial charge in [-0.3, -0.25) is 4.99 Å². The first-order valence-corrected chi connectivity index (χ1v) is 11.3. The van der Waals surface area contributed by atoms with Crippen molar-refractivity contribution in [2.75, 3.05) is 46.9 Å². The van der Waals surface area contributed by atoms with Crippen molar-refractivity contribution < 1.29 is 14.3 Å². The zero-order chi connectivity index (χ0) is 22.8. The van der Waals surface area contributed by atoms with Crippen molar-refractivity contribution in [2.45, 2.75) is 83.9 Å². The number of nitrogens with zero attached hydrogens (tertiary/aromatic N) is 2. The van der Waals surface area contributed by atoms with E-state index >= 15 is 0 Å². The van der Waals surface area contributed by atoms with Gasteiger partial charge in [-0.1, -0.05) is 13.8 Å². The standard InChI is InChI=1S/C22H45N5O3.HI/c1-9-21(10-2,26-19(28)30-20(4,5)6)16-24-18(23-11-3)25-17-22(27(7)8)12-14-29-15-13-22;/h9-17H2,1-8H3,(H,26,28)(H2,23,24,25);1H. The number of hydrogen-bond donors (Lipinski definition) is 3. The van der Waals surface area contributed by atoms with Gasteiger partial charge in [0, 0.05) is 31.8 Å². The van der Waals surface area contributed by atoms with Gasteiger partial charge in [-0.25, -0.2) is 4.79 Å². The van der Waals surface area contributed by atoms with Crippen LogP contribution in [0.1, 0.15) is 67.2 Å². The van der Waals surface area contributed by atoms with E-state index in [9.17, 15) is 4.79 Å². The monoisotopic (exact) mass is 555 g/mol. The molecule has 0 atom stereocenters. The summed E-state index contributed by atoms with van der Waals surface area (Å²) in [6, 6.07) is 0. The molecule has 1 saturated heterocycles. The fraction of sp³-hybridized carbons (Fsp3) is 0.909. The second-order valence-electron chi connectivity index (χ2n) is 9.39. The maximum atomic E-state index is 12.4. The highest BCUT2D eigenvalue weighted by atomic mass is 127. The Kier molecular flexibility index (Phi) is 13.3. The highest BCUT2D eigenvalue weighted by Gasteiger charge is 2.35. The normalized spacial score (nSPS) is 17.0. The minimum absolute atomic E-state index is 0. The quantitative estimate of drug-likeness (QED) is 0.230. The van der Waals surface area contributed by atoms with Crippen LogP contribution in [0.25, 0.3) is 0 Å². The summed E-state index contributed by atoms with van der Waals surface area (Å²) in [5.41, 5.74) is -0.917. The molecule has 0 aromatic heterocycles. The third-order valence-corrected chi connectivity index (χ3v) is 5.96.